The second-order valence-corrected chi connectivity index (χ2v) is 11.1. The summed E-state index contributed by atoms with van der Waals surface area (Å²) in [5.74, 6) is -1.93. The first-order valence-electron chi connectivity index (χ1n) is 14.4. The SMILES string of the molecule is Cc1cc(NC(=O)[C@H](CCCCN)NC(=O)C2Cc3ccccc3CN2C(=O)CCC(=O)c2ccc(F)cc2)ccc1Cl. The molecule has 4 rings (SSSR count). The normalized spacial score (nSPS) is 14.9. The lowest BCUT2D eigenvalue weighted by Gasteiger charge is -2.37. The molecule has 43 heavy (non-hydrogen) atoms. The number of amides is 3. The Morgan fingerprint density at radius 3 is 2.42 bits per heavy atom. The van der Waals surface area contributed by atoms with Gasteiger partial charge in [-0.15, -0.1) is 0 Å². The number of carbonyl (C=O) groups excluding carboxylic acids is 4. The van der Waals surface area contributed by atoms with Crippen molar-refractivity contribution in [3.8, 4) is 0 Å². The van der Waals surface area contributed by atoms with Gasteiger partial charge in [0.25, 0.3) is 0 Å². The van der Waals surface area contributed by atoms with E-state index < -0.39 is 23.8 Å². The van der Waals surface area contributed by atoms with Crippen LogP contribution < -0.4 is 16.4 Å². The molecule has 3 amide bonds. The number of hydrogen-bond acceptors (Lipinski definition) is 5. The van der Waals surface area contributed by atoms with Gasteiger partial charge in [-0.1, -0.05) is 35.9 Å². The molecule has 8 nitrogen and oxygen atoms in total. The number of nitrogens with zero attached hydrogens (tertiary/aromatic N) is 1. The molecule has 1 aliphatic rings. The third-order valence-electron chi connectivity index (χ3n) is 7.61. The second-order valence-electron chi connectivity index (χ2n) is 10.7. The second kappa shape index (κ2) is 14.9. The van der Waals surface area contributed by atoms with E-state index in [-0.39, 0.29) is 43.4 Å². The fraction of sp³-hybridized carbons (Fsp3) is 0.333. The molecule has 0 radical (unpaired) electrons. The van der Waals surface area contributed by atoms with E-state index in [9.17, 15) is 23.6 Å². The van der Waals surface area contributed by atoms with Gasteiger partial charge in [-0.25, -0.2) is 4.39 Å². The van der Waals surface area contributed by atoms with Crippen molar-refractivity contribution >= 4 is 40.8 Å². The zero-order chi connectivity index (χ0) is 30.9. The van der Waals surface area contributed by atoms with E-state index in [1.807, 2.05) is 31.2 Å². The molecular formula is C33H36ClFN4O4. The Kier molecular flexibility index (Phi) is 11.0. The molecule has 0 saturated heterocycles. The number of ketones is 1. The van der Waals surface area contributed by atoms with Gasteiger partial charge in [-0.2, -0.15) is 0 Å². The summed E-state index contributed by atoms with van der Waals surface area (Å²) >= 11 is 6.12. The molecule has 0 saturated carbocycles. The average molecular weight is 607 g/mol. The summed E-state index contributed by atoms with van der Waals surface area (Å²) in [6.07, 6.45) is 1.75. The number of nitrogens with one attached hydrogen (secondary N) is 2. The van der Waals surface area contributed by atoms with Crippen LogP contribution in [-0.2, 0) is 27.3 Å². The highest BCUT2D eigenvalue weighted by atomic mass is 35.5. The highest BCUT2D eigenvalue weighted by molar-refractivity contribution is 6.31. The molecule has 1 aliphatic heterocycles. The number of aryl methyl sites for hydroxylation is 1. The van der Waals surface area contributed by atoms with Crippen LogP contribution >= 0.6 is 11.6 Å². The predicted molar refractivity (Wildman–Crippen MR) is 164 cm³/mol. The van der Waals surface area contributed by atoms with E-state index in [1.54, 1.807) is 18.2 Å². The van der Waals surface area contributed by atoms with Crippen molar-refractivity contribution in [2.75, 3.05) is 11.9 Å². The number of benzene rings is 3. The van der Waals surface area contributed by atoms with E-state index in [0.717, 1.165) is 16.7 Å². The summed E-state index contributed by atoms with van der Waals surface area (Å²) < 4.78 is 13.3. The Balaban J connectivity index is 1.50. The third kappa shape index (κ3) is 8.49. The minimum atomic E-state index is -0.870. The number of anilines is 1. The molecule has 0 aromatic heterocycles. The number of rotatable bonds is 12. The zero-order valence-electron chi connectivity index (χ0n) is 24.1. The fourth-order valence-electron chi connectivity index (χ4n) is 5.14. The Labute approximate surface area is 255 Å². The summed E-state index contributed by atoms with van der Waals surface area (Å²) in [5.41, 5.74) is 9.20. The van der Waals surface area contributed by atoms with Crippen molar-refractivity contribution < 1.29 is 23.6 Å². The van der Waals surface area contributed by atoms with Gasteiger partial charge in [0.15, 0.2) is 5.78 Å². The number of carbonyl (C=O) groups is 4. The van der Waals surface area contributed by atoms with Gasteiger partial charge >= 0.3 is 0 Å². The minimum absolute atomic E-state index is 0.0818. The maximum atomic E-state index is 13.8. The Hall–Kier alpha value is -4.08. The van der Waals surface area contributed by atoms with E-state index in [2.05, 4.69) is 10.6 Å². The van der Waals surface area contributed by atoms with Crippen LogP contribution in [0.2, 0.25) is 5.02 Å². The molecule has 3 aromatic carbocycles. The minimum Gasteiger partial charge on any atom is -0.342 e. The van der Waals surface area contributed by atoms with Crippen LogP contribution in [0.5, 0.6) is 0 Å². The van der Waals surface area contributed by atoms with E-state index in [0.29, 0.717) is 42.1 Å². The van der Waals surface area contributed by atoms with Crippen LogP contribution in [0, 0.1) is 12.7 Å². The van der Waals surface area contributed by atoms with Crippen LogP contribution in [0.25, 0.3) is 0 Å². The van der Waals surface area contributed by atoms with Gasteiger partial charge in [0.1, 0.15) is 17.9 Å². The summed E-state index contributed by atoms with van der Waals surface area (Å²) in [4.78, 5) is 54.7. The summed E-state index contributed by atoms with van der Waals surface area (Å²) in [6, 6.07) is 16.2. The first-order chi connectivity index (χ1) is 20.7. The van der Waals surface area contributed by atoms with Gasteiger partial charge < -0.3 is 21.3 Å². The molecule has 3 aromatic rings. The van der Waals surface area contributed by atoms with Crippen LogP contribution in [0.4, 0.5) is 10.1 Å². The largest absolute Gasteiger partial charge is 0.342 e. The van der Waals surface area contributed by atoms with E-state index in [1.165, 1.54) is 29.2 Å². The molecule has 10 heteroatoms. The maximum absolute atomic E-state index is 13.8. The van der Waals surface area contributed by atoms with Gasteiger partial charge in [-0.3, -0.25) is 19.2 Å². The highest BCUT2D eigenvalue weighted by Crippen LogP contribution is 2.25. The fourth-order valence-corrected chi connectivity index (χ4v) is 5.26. The quantitative estimate of drug-likeness (QED) is 0.199. The Bertz CT molecular complexity index is 1480. The molecule has 1 heterocycles. The van der Waals surface area contributed by atoms with Crippen LogP contribution in [-0.4, -0.2) is 47.0 Å². The topological polar surface area (TPSA) is 122 Å². The van der Waals surface area contributed by atoms with Gasteiger partial charge in [0.05, 0.1) is 0 Å². The number of nitrogens with two attached hydrogens (primary N) is 1. The molecule has 4 N–H and O–H groups in total. The van der Waals surface area contributed by atoms with Gasteiger partial charge in [0, 0.05) is 42.1 Å². The first kappa shape index (κ1) is 31.8. The van der Waals surface area contributed by atoms with E-state index in [4.69, 9.17) is 17.3 Å². The van der Waals surface area contributed by atoms with Crippen molar-refractivity contribution in [2.24, 2.45) is 5.73 Å². The lowest BCUT2D eigenvalue weighted by Crippen LogP contribution is -2.56. The lowest BCUT2D eigenvalue weighted by molar-refractivity contribution is -0.142. The third-order valence-corrected chi connectivity index (χ3v) is 8.03. The van der Waals surface area contributed by atoms with Crippen molar-refractivity contribution in [1.29, 1.82) is 0 Å². The van der Waals surface area contributed by atoms with Gasteiger partial charge in [0.2, 0.25) is 17.7 Å². The number of halogens is 2. The summed E-state index contributed by atoms with van der Waals surface area (Å²) in [6.45, 7) is 2.49. The molecule has 2 atom stereocenters. The Morgan fingerprint density at radius 2 is 1.72 bits per heavy atom. The number of Topliss-reactive ketones (excluding diaryl/α,β-unsaturated/α-hetero) is 1. The number of unbranched alkanes of at least 4 members (excludes halogenated alkanes) is 1. The molecule has 0 spiro atoms. The van der Waals surface area contributed by atoms with E-state index >= 15 is 0 Å². The van der Waals surface area contributed by atoms with Crippen LogP contribution in [0.15, 0.2) is 66.7 Å². The molecular weight excluding hydrogens is 571 g/mol. The standard InChI is InChI=1S/C33H36ClFN4O4/c1-21-18-26(13-14-27(21)34)37-32(42)28(8-4-5-17-36)38-33(43)29-19-23-6-2-3-7-24(23)20-39(29)31(41)16-15-30(40)22-9-11-25(35)12-10-22/h2-3,6-7,9-14,18,28-29H,4-5,8,15-17,19-20,36H2,1H3,(H,37,42)(H,38,43)/t28-,29?/m0/s1. The van der Waals surface area contributed by atoms with Crippen molar-refractivity contribution in [2.45, 2.75) is 64.1 Å². The van der Waals surface area contributed by atoms with Crippen molar-refractivity contribution in [3.63, 3.8) is 0 Å². The maximum Gasteiger partial charge on any atom is 0.246 e. The summed E-state index contributed by atoms with van der Waals surface area (Å²) in [5, 5.41) is 6.33. The molecule has 226 valence electrons. The molecule has 0 fully saturated rings. The average Bonchev–Trinajstić information content (AvgIpc) is 3.00. The summed E-state index contributed by atoms with van der Waals surface area (Å²) in [7, 11) is 0. The van der Waals surface area contributed by atoms with Crippen LogP contribution in [0.3, 0.4) is 0 Å². The van der Waals surface area contributed by atoms with Crippen molar-refractivity contribution in [3.05, 3.63) is 99.8 Å². The first-order valence-corrected chi connectivity index (χ1v) is 14.8. The molecule has 0 bridgehead atoms. The molecule has 0 aliphatic carbocycles. The smallest absolute Gasteiger partial charge is 0.246 e. The number of hydrogen-bond donors (Lipinski definition) is 3. The van der Waals surface area contributed by atoms with Crippen LogP contribution in [0.1, 0.15) is 59.2 Å². The van der Waals surface area contributed by atoms with Gasteiger partial charge in [-0.05, 0) is 91.9 Å². The lowest BCUT2D eigenvalue weighted by atomic mass is 9.92. The highest BCUT2D eigenvalue weighted by Gasteiger charge is 2.36. The predicted octanol–water partition coefficient (Wildman–Crippen LogP) is 4.96. The molecule has 1 unspecified atom stereocenters. The number of fused-ring (bicyclic) bond motifs is 1. The van der Waals surface area contributed by atoms with Crippen molar-refractivity contribution in [1.82, 2.24) is 10.2 Å². The Morgan fingerprint density at radius 1 is 1.00 bits per heavy atom. The zero-order valence-corrected chi connectivity index (χ0v) is 24.8. The monoisotopic (exact) mass is 606 g/mol.